The molecule has 1 amide bonds. The summed E-state index contributed by atoms with van der Waals surface area (Å²) in [7, 11) is 3.01. The maximum atomic E-state index is 12.9. The van der Waals surface area contributed by atoms with Crippen molar-refractivity contribution in [3.8, 4) is 11.5 Å². The Labute approximate surface area is 177 Å². The van der Waals surface area contributed by atoms with Crippen molar-refractivity contribution < 1.29 is 27.4 Å². The summed E-state index contributed by atoms with van der Waals surface area (Å²) in [5, 5.41) is -0.0653. The second-order valence-corrected chi connectivity index (χ2v) is 7.14. The van der Waals surface area contributed by atoms with Crippen molar-refractivity contribution >= 4 is 23.3 Å². The lowest BCUT2D eigenvalue weighted by atomic mass is 10.1. The van der Waals surface area contributed by atoms with Gasteiger partial charge in [0.2, 0.25) is 0 Å². The molecule has 2 heterocycles. The van der Waals surface area contributed by atoms with Crippen molar-refractivity contribution in [2.24, 2.45) is 0 Å². The van der Waals surface area contributed by atoms with E-state index in [1.165, 1.54) is 14.2 Å². The van der Waals surface area contributed by atoms with E-state index in [0.717, 1.165) is 12.3 Å². The SMILES string of the molecule is COc1ccc(C(=O)N2CCCN(c3ncc(C(F)(F)F)cc3Cl)CC2)cc1OC. The summed E-state index contributed by atoms with van der Waals surface area (Å²) >= 11 is 6.07. The Kier molecular flexibility index (Phi) is 6.60. The Morgan fingerprint density at radius 1 is 1.07 bits per heavy atom. The summed E-state index contributed by atoms with van der Waals surface area (Å²) in [6.45, 7) is 1.80. The van der Waals surface area contributed by atoms with Crippen LogP contribution in [0, 0.1) is 0 Å². The zero-order chi connectivity index (χ0) is 21.9. The highest BCUT2D eigenvalue weighted by Crippen LogP contribution is 2.34. The quantitative estimate of drug-likeness (QED) is 0.711. The van der Waals surface area contributed by atoms with Gasteiger partial charge in [0.25, 0.3) is 5.91 Å². The highest BCUT2D eigenvalue weighted by Gasteiger charge is 2.32. The monoisotopic (exact) mass is 443 g/mol. The number of alkyl halides is 3. The average molecular weight is 444 g/mol. The molecule has 1 saturated heterocycles. The number of benzene rings is 1. The van der Waals surface area contributed by atoms with E-state index in [1.807, 2.05) is 0 Å². The van der Waals surface area contributed by atoms with Crippen molar-refractivity contribution in [3.63, 3.8) is 0 Å². The number of carbonyl (C=O) groups is 1. The topological polar surface area (TPSA) is 54.9 Å². The number of hydrogen-bond donors (Lipinski definition) is 0. The standard InChI is InChI=1S/C20H21ClF3N3O3/c1-29-16-5-4-13(10-17(16)30-2)19(28)27-7-3-6-26(8-9-27)18-15(21)11-14(12-25-18)20(22,23)24/h4-5,10-12H,3,6-9H2,1-2H3. The van der Waals surface area contributed by atoms with E-state index in [1.54, 1.807) is 28.0 Å². The zero-order valence-corrected chi connectivity index (χ0v) is 17.3. The molecule has 6 nitrogen and oxygen atoms in total. The van der Waals surface area contributed by atoms with Crippen LogP contribution in [-0.2, 0) is 6.18 Å². The summed E-state index contributed by atoms with van der Waals surface area (Å²) in [5.41, 5.74) is -0.428. The Bertz CT molecular complexity index is 924. The van der Waals surface area contributed by atoms with Crippen molar-refractivity contribution in [1.29, 1.82) is 0 Å². The molecular formula is C20H21ClF3N3O3. The van der Waals surface area contributed by atoms with Crippen LogP contribution in [0.5, 0.6) is 11.5 Å². The molecule has 0 bridgehead atoms. The average Bonchev–Trinajstić information content (AvgIpc) is 2.98. The fourth-order valence-corrected chi connectivity index (χ4v) is 3.59. The van der Waals surface area contributed by atoms with Crippen molar-refractivity contribution in [2.75, 3.05) is 45.3 Å². The van der Waals surface area contributed by atoms with Crippen molar-refractivity contribution in [1.82, 2.24) is 9.88 Å². The normalized spacial score (nSPS) is 15.0. The van der Waals surface area contributed by atoms with Crippen LogP contribution in [0.1, 0.15) is 22.3 Å². The van der Waals surface area contributed by atoms with Crippen molar-refractivity contribution in [3.05, 3.63) is 46.6 Å². The Balaban J connectivity index is 1.73. The van der Waals surface area contributed by atoms with Gasteiger partial charge < -0.3 is 19.3 Å². The zero-order valence-electron chi connectivity index (χ0n) is 16.5. The first kappa shape index (κ1) is 22.0. The lowest BCUT2D eigenvalue weighted by Crippen LogP contribution is -2.35. The number of amides is 1. The summed E-state index contributed by atoms with van der Waals surface area (Å²) < 4.78 is 49.0. The third kappa shape index (κ3) is 4.72. The molecule has 0 atom stereocenters. The first-order valence-electron chi connectivity index (χ1n) is 9.23. The first-order valence-corrected chi connectivity index (χ1v) is 9.61. The molecule has 1 fully saturated rings. The van der Waals surface area contributed by atoms with Crippen LogP contribution < -0.4 is 14.4 Å². The summed E-state index contributed by atoms with van der Waals surface area (Å²) in [6.07, 6.45) is -3.10. The molecule has 1 aromatic carbocycles. The molecule has 3 rings (SSSR count). The largest absolute Gasteiger partial charge is 0.493 e. The molecule has 1 aliphatic heterocycles. The summed E-state index contributed by atoms with van der Waals surface area (Å²) in [4.78, 5) is 20.3. The first-order chi connectivity index (χ1) is 14.2. The molecule has 0 spiro atoms. The molecule has 0 saturated carbocycles. The molecule has 0 aliphatic carbocycles. The summed E-state index contributed by atoms with van der Waals surface area (Å²) in [5.74, 6) is 1.11. The van der Waals surface area contributed by atoms with Gasteiger partial charge in [-0.1, -0.05) is 11.6 Å². The number of anilines is 1. The Morgan fingerprint density at radius 2 is 1.80 bits per heavy atom. The number of aromatic nitrogens is 1. The number of ether oxygens (including phenoxy) is 2. The minimum absolute atomic E-state index is 0.0653. The van der Waals surface area contributed by atoms with Crippen LogP contribution in [0.4, 0.5) is 19.0 Å². The van der Waals surface area contributed by atoms with Crippen LogP contribution >= 0.6 is 11.6 Å². The van der Waals surface area contributed by atoms with Crippen molar-refractivity contribution in [2.45, 2.75) is 12.6 Å². The molecule has 1 aromatic heterocycles. The molecule has 10 heteroatoms. The third-order valence-electron chi connectivity index (χ3n) is 4.86. The van der Waals surface area contributed by atoms with E-state index in [0.29, 0.717) is 49.7 Å². The minimum Gasteiger partial charge on any atom is -0.493 e. The third-order valence-corrected chi connectivity index (χ3v) is 5.14. The molecule has 30 heavy (non-hydrogen) atoms. The Morgan fingerprint density at radius 3 is 2.43 bits per heavy atom. The van der Waals surface area contributed by atoms with Crippen LogP contribution in [0.3, 0.4) is 0 Å². The van der Waals surface area contributed by atoms with E-state index in [-0.39, 0.29) is 16.7 Å². The van der Waals surface area contributed by atoms with Crippen LogP contribution in [0.25, 0.3) is 0 Å². The molecule has 0 unspecified atom stereocenters. The van der Waals surface area contributed by atoms with Gasteiger partial charge in [-0.05, 0) is 30.7 Å². The second kappa shape index (κ2) is 8.99. The van der Waals surface area contributed by atoms with Crippen LogP contribution in [0.2, 0.25) is 5.02 Å². The van der Waals surface area contributed by atoms with Crippen LogP contribution in [0.15, 0.2) is 30.5 Å². The van der Waals surface area contributed by atoms with Crippen LogP contribution in [-0.4, -0.2) is 56.2 Å². The highest BCUT2D eigenvalue weighted by atomic mass is 35.5. The van der Waals surface area contributed by atoms with Gasteiger partial charge >= 0.3 is 6.18 Å². The van der Waals surface area contributed by atoms with E-state index >= 15 is 0 Å². The van der Waals surface area contributed by atoms with Gasteiger partial charge in [-0.2, -0.15) is 13.2 Å². The van der Waals surface area contributed by atoms with Gasteiger partial charge in [0.15, 0.2) is 11.5 Å². The van der Waals surface area contributed by atoms with Gasteiger partial charge in [-0.25, -0.2) is 4.98 Å². The lowest BCUT2D eigenvalue weighted by Gasteiger charge is -2.24. The maximum absolute atomic E-state index is 12.9. The van der Waals surface area contributed by atoms with Gasteiger partial charge in [0.05, 0.1) is 24.8 Å². The van der Waals surface area contributed by atoms with Gasteiger partial charge in [0, 0.05) is 37.9 Å². The van der Waals surface area contributed by atoms with E-state index in [2.05, 4.69) is 4.98 Å². The predicted octanol–water partition coefficient (Wildman–Crippen LogP) is 4.12. The number of pyridine rings is 1. The van der Waals surface area contributed by atoms with Gasteiger partial charge in [-0.15, -0.1) is 0 Å². The molecule has 1 aliphatic rings. The van der Waals surface area contributed by atoms with Gasteiger partial charge in [0.1, 0.15) is 5.82 Å². The molecule has 0 N–H and O–H groups in total. The van der Waals surface area contributed by atoms with E-state index in [9.17, 15) is 18.0 Å². The minimum atomic E-state index is -4.50. The number of methoxy groups -OCH3 is 2. The number of nitrogens with zero attached hydrogens (tertiary/aromatic N) is 3. The lowest BCUT2D eigenvalue weighted by molar-refractivity contribution is -0.137. The molecular weight excluding hydrogens is 423 g/mol. The smallest absolute Gasteiger partial charge is 0.417 e. The fraction of sp³-hybridized carbons (Fsp3) is 0.400. The number of rotatable bonds is 4. The maximum Gasteiger partial charge on any atom is 0.417 e. The highest BCUT2D eigenvalue weighted by molar-refractivity contribution is 6.33. The number of hydrogen-bond acceptors (Lipinski definition) is 5. The fourth-order valence-electron chi connectivity index (χ4n) is 3.30. The molecule has 0 radical (unpaired) electrons. The van der Waals surface area contributed by atoms with E-state index < -0.39 is 11.7 Å². The number of carbonyl (C=O) groups excluding carboxylic acids is 1. The van der Waals surface area contributed by atoms with Gasteiger partial charge in [-0.3, -0.25) is 4.79 Å². The second-order valence-electron chi connectivity index (χ2n) is 6.73. The molecule has 2 aromatic rings. The predicted molar refractivity (Wildman–Crippen MR) is 107 cm³/mol. The van der Waals surface area contributed by atoms with E-state index in [4.69, 9.17) is 21.1 Å². The Hall–Kier alpha value is -2.68. The molecule has 162 valence electrons. The summed E-state index contributed by atoms with van der Waals surface area (Å²) in [6, 6.07) is 5.84. The number of halogens is 4.